The predicted molar refractivity (Wildman–Crippen MR) is 174 cm³/mol. The Morgan fingerprint density at radius 1 is 0.825 bits per heavy atom. The van der Waals surface area contributed by atoms with Crippen LogP contribution in [0, 0.1) is 0 Å². The average Bonchev–Trinajstić information content (AvgIpc) is 2.91. The Kier molecular flexibility index (Phi) is 11.6. The van der Waals surface area contributed by atoms with E-state index in [2.05, 4.69) is 115 Å². The molecule has 2 unspecified atom stereocenters. The molecule has 2 N–H and O–H groups in total. The first kappa shape index (κ1) is 32.5. The zero-order chi connectivity index (χ0) is 29.4. The van der Waals surface area contributed by atoms with Gasteiger partial charge in [-0.05, 0) is 75.4 Å². The van der Waals surface area contributed by atoms with E-state index in [0.29, 0.717) is 12.5 Å². The second-order valence-electron chi connectivity index (χ2n) is 12.5. The largest absolute Gasteiger partial charge is 0.488 e. The van der Waals surface area contributed by atoms with Gasteiger partial charge in [-0.25, -0.2) is 0 Å². The van der Waals surface area contributed by atoms with Crippen molar-refractivity contribution < 1.29 is 9.47 Å². The second kappa shape index (κ2) is 14.3. The van der Waals surface area contributed by atoms with Crippen LogP contribution in [0.25, 0.3) is 0 Å². The van der Waals surface area contributed by atoms with Crippen LogP contribution in [0.15, 0.2) is 78.9 Å². The fourth-order valence-electron chi connectivity index (χ4n) is 4.90. The standard InChI is InChI=1S/C35H48ClNO2S/c1-26(2)38-22-21-33(3,4)39-31-19-17-30(18-20-31)35(7,37)23-32(29-15-13-27(24-36)14-16-29)34(5,6)40-25-28-11-9-8-10-12-28/h8-20,26,32H,21-25,37H2,1-7H3. The summed E-state index contributed by atoms with van der Waals surface area (Å²) in [7, 11) is 0. The third-order valence-corrected chi connectivity index (χ3v) is 9.34. The highest BCUT2D eigenvalue weighted by Crippen LogP contribution is 2.46. The van der Waals surface area contributed by atoms with Gasteiger partial charge in [0.2, 0.25) is 0 Å². The van der Waals surface area contributed by atoms with Crippen LogP contribution in [-0.4, -0.2) is 23.1 Å². The molecule has 40 heavy (non-hydrogen) atoms. The van der Waals surface area contributed by atoms with Crippen LogP contribution in [0.2, 0.25) is 0 Å². The van der Waals surface area contributed by atoms with Gasteiger partial charge in [-0.2, -0.15) is 11.8 Å². The van der Waals surface area contributed by atoms with Crippen molar-refractivity contribution >= 4 is 23.4 Å². The van der Waals surface area contributed by atoms with E-state index in [4.69, 9.17) is 26.8 Å². The quantitative estimate of drug-likeness (QED) is 0.181. The SMILES string of the molecule is CC(C)OCCC(C)(C)Oc1ccc(C(C)(N)CC(c2ccc(CCl)cc2)C(C)(C)SCc2ccccc2)cc1. The van der Waals surface area contributed by atoms with E-state index < -0.39 is 5.54 Å². The van der Waals surface area contributed by atoms with Gasteiger partial charge >= 0.3 is 0 Å². The van der Waals surface area contributed by atoms with Crippen LogP contribution in [0.5, 0.6) is 5.75 Å². The molecule has 0 aromatic heterocycles. The van der Waals surface area contributed by atoms with Crippen molar-refractivity contribution in [3.05, 3.63) is 101 Å². The number of thioether (sulfide) groups is 1. The highest BCUT2D eigenvalue weighted by Gasteiger charge is 2.37. The van der Waals surface area contributed by atoms with Crippen LogP contribution in [-0.2, 0) is 21.9 Å². The summed E-state index contributed by atoms with van der Waals surface area (Å²) in [4.78, 5) is 0. The van der Waals surface area contributed by atoms with E-state index in [1.165, 1.54) is 11.1 Å². The minimum atomic E-state index is -0.528. The molecule has 5 heteroatoms. The summed E-state index contributed by atoms with van der Waals surface area (Å²) in [6.07, 6.45) is 1.85. The Morgan fingerprint density at radius 3 is 2.02 bits per heavy atom. The van der Waals surface area contributed by atoms with Gasteiger partial charge in [-0.1, -0.05) is 80.6 Å². The Balaban J connectivity index is 1.79. The zero-order valence-corrected chi connectivity index (χ0v) is 26.9. The average molecular weight is 582 g/mol. The lowest BCUT2D eigenvalue weighted by Gasteiger charge is -2.40. The highest BCUT2D eigenvalue weighted by atomic mass is 35.5. The number of benzene rings is 3. The lowest BCUT2D eigenvalue weighted by atomic mass is 9.75. The molecule has 0 bridgehead atoms. The van der Waals surface area contributed by atoms with Gasteiger partial charge < -0.3 is 15.2 Å². The first-order valence-corrected chi connectivity index (χ1v) is 15.9. The van der Waals surface area contributed by atoms with Crippen LogP contribution in [0.1, 0.15) is 89.5 Å². The van der Waals surface area contributed by atoms with E-state index in [1.54, 1.807) is 0 Å². The molecule has 218 valence electrons. The number of hydrogen-bond acceptors (Lipinski definition) is 4. The van der Waals surface area contributed by atoms with Gasteiger partial charge in [0.15, 0.2) is 0 Å². The van der Waals surface area contributed by atoms with Crippen molar-refractivity contribution in [2.45, 2.75) is 101 Å². The molecule has 0 heterocycles. The predicted octanol–water partition coefficient (Wildman–Crippen LogP) is 9.46. The van der Waals surface area contributed by atoms with Gasteiger partial charge in [0, 0.05) is 34.3 Å². The monoisotopic (exact) mass is 581 g/mol. The number of halogens is 1. The van der Waals surface area contributed by atoms with Crippen LogP contribution in [0.3, 0.4) is 0 Å². The first-order valence-electron chi connectivity index (χ1n) is 14.3. The van der Waals surface area contributed by atoms with E-state index >= 15 is 0 Å². The molecule has 0 spiro atoms. The molecule has 2 atom stereocenters. The number of ether oxygens (including phenoxy) is 2. The van der Waals surface area contributed by atoms with Crippen molar-refractivity contribution in [2.75, 3.05) is 6.61 Å². The Bertz CT molecular complexity index is 1160. The molecule has 3 aromatic carbocycles. The molecule has 3 rings (SSSR count). The Morgan fingerprint density at radius 2 is 1.45 bits per heavy atom. The number of rotatable bonds is 15. The van der Waals surface area contributed by atoms with E-state index in [9.17, 15) is 0 Å². The second-order valence-corrected chi connectivity index (χ2v) is 14.4. The first-order chi connectivity index (χ1) is 18.8. The molecule has 3 aromatic rings. The van der Waals surface area contributed by atoms with Crippen molar-refractivity contribution in [1.82, 2.24) is 0 Å². The summed E-state index contributed by atoms with van der Waals surface area (Å²) in [6, 6.07) is 27.7. The maximum atomic E-state index is 7.12. The van der Waals surface area contributed by atoms with Crippen molar-refractivity contribution in [3.63, 3.8) is 0 Å². The molecular weight excluding hydrogens is 534 g/mol. The normalized spacial score (nSPS) is 14.7. The minimum Gasteiger partial charge on any atom is -0.488 e. The van der Waals surface area contributed by atoms with Gasteiger partial charge in [0.25, 0.3) is 0 Å². The van der Waals surface area contributed by atoms with E-state index in [-0.39, 0.29) is 22.4 Å². The van der Waals surface area contributed by atoms with E-state index in [0.717, 1.165) is 35.5 Å². The smallest absolute Gasteiger partial charge is 0.120 e. The molecule has 0 radical (unpaired) electrons. The molecule has 0 aliphatic rings. The summed E-state index contributed by atoms with van der Waals surface area (Å²) in [5, 5.41) is 0. The highest BCUT2D eigenvalue weighted by molar-refractivity contribution is 7.99. The minimum absolute atomic E-state index is 0.0515. The zero-order valence-electron chi connectivity index (χ0n) is 25.4. The third-order valence-electron chi connectivity index (χ3n) is 7.52. The maximum absolute atomic E-state index is 7.12. The molecule has 0 aliphatic heterocycles. The molecular formula is C35H48ClNO2S. The lowest BCUT2D eigenvalue weighted by Crippen LogP contribution is -2.39. The fourth-order valence-corrected chi connectivity index (χ4v) is 6.23. The summed E-state index contributed by atoms with van der Waals surface area (Å²) in [5.41, 5.74) is 11.1. The van der Waals surface area contributed by atoms with Gasteiger partial charge in [0.1, 0.15) is 11.4 Å². The molecule has 0 amide bonds. The summed E-state index contributed by atoms with van der Waals surface area (Å²) < 4.78 is 12.0. The van der Waals surface area contributed by atoms with Crippen LogP contribution >= 0.6 is 23.4 Å². The van der Waals surface area contributed by atoms with Gasteiger partial charge in [0.05, 0.1) is 12.7 Å². The summed E-state index contributed by atoms with van der Waals surface area (Å²) in [5.74, 6) is 2.55. The topological polar surface area (TPSA) is 44.5 Å². The van der Waals surface area contributed by atoms with Gasteiger partial charge in [-0.3, -0.25) is 0 Å². The summed E-state index contributed by atoms with van der Waals surface area (Å²) >= 11 is 8.09. The van der Waals surface area contributed by atoms with E-state index in [1.807, 2.05) is 23.9 Å². The molecule has 0 saturated carbocycles. The number of nitrogens with two attached hydrogens (primary N) is 1. The van der Waals surface area contributed by atoms with Crippen LogP contribution in [0.4, 0.5) is 0 Å². The van der Waals surface area contributed by atoms with Crippen LogP contribution < -0.4 is 10.5 Å². The molecule has 3 nitrogen and oxygen atoms in total. The van der Waals surface area contributed by atoms with Crippen molar-refractivity contribution in [2.24, 2.45) is 5.73 Å². The molecule has 0 fully saturated rings. The van der Waals surface area contributed by atoms with Crippen molar-refractivity contribution in [3.8, 4) is 5.75 Å². The molecule has 0 aliphatic carbocycles. The fraction of sp³-hybridized carbons (Fsp3) is 0.486. The Labute approximate surface area is 252 Å². The number of alkyl halides is 1. The Hall–Kier alpha value is -1.98. The van der Waals surface area contributed by atoms with Crippen molar-refractivity contribution in [1.29, 1.82) is 0 Å². The number of hydrogen-bond donors (Lipinski definition) is 1. The van der Waals surface area contributed by atoms with Gasteiger partial charge in [-0.15, -0.1) is 11.6 Å². The molecule has 0 saturated heterocycles. The maximum Gasteiger partial charge on any atom is 0.120 e. The third kappa shape index (κ3) is 9.83. The lowest BCUT2D eigenvalue weighted by molar-refractivity contribution is 0.0231. The summed E-state index contributed by atoms with van der Waals surface area (Å²) in [6.45, 7) is 15.8.